The number of carboxylic acid groups (broad SMARTS) is 1. The molecule has 0 radical (unpaired) electrons. The zero-order chi connectivity index (χ0) is 84.1. The van der Waals surface area contributed by atoms with Gasteiger partial charge in [0.15, 0.2) is 25.2 Å². The molecule has 7 aliphatic heterocycles. The Kier molecular flexibility index (Phi) is 34.3. The lowest BCUT2D eigenvalue weighted by atomic mass is 9.88. The number of amides is 9. The van der Waals surface area contributed by atoms with Crippen molar-refractivity contribution < 1.29 is 182 Å². The summed E-state index contributed by atoms with van der Waals surface area (Å²) in [5.74, 6) is -16.1. The highest BCUT2D eigenvalue weighted by Gasteiger charge is 2.62. The van der Waals surface area contributed by atoms with Gasteiger partial charge in [0.2, 0.25) is 53.2 Å². The number of primary amides is 1. The van der Waals surface area contributed by atoms with Crippen molar-refractivity contribution in [3.63, 3.8) is 0 Å². The van der Waals surface area contributed by atoms with Gasteiger partial charge < -0.3 is 182 Å². The molecule has 113 heavy (non-hydrogen) atoms. The summed E-state index contributed by atoms with van der Waals surface area (Å²) in [6.07, 6.45) is -50.0. The second-order valence-corrected chi connectivity index (χ2v) is 28.8. The number of likely N-dealkylation sites (tertiary alicyclic amines) is 2. The van der Waals surface area contributed by atoms with Gasteiger partial charge in [-0.2, -0.15) is 0 Å². The summed E-state index contributed by atoms with van der Waals surface area (Å²) in [5, 5.41) is 193. The Bertz CT molecular complexity index is 3270. The fourth-order valence-corrected chi connectivity index (χ4v) is 14.5. The minimum Gasteiger partial charge on any atom is -0.477 e. The van der Waals surface area contributed by atoms with Crippen LogP contribution >= 0.6 is 0 Å². The summed E-state index contributed by atoms with van der Waals surface area (Å²) in [6, 6.07) is -12.8. The summed E-state index contributed by atoms with van der Waals surface area (Å²) in [4.78, 5) is 151. The average molecular weight is 1630 g/mol. The molecule has 0 aromatic carbocycles. The lowest BCUT2D eigenvalue weighted by Gasteiger charge is -2.51. The van der Waals surface area contributed by atoms with Gasteiger partial charge in [0, 0.05) is 46.7 Å². The van der Waals surface area contributed by atoms with Crippen LogP contribution in [0.2, 0.25) is 0 Å². The molecular weight excluding hydrogens is 1520 g/mol. The zero-order valence-electron chi connectivity index (χ0n) is 62.8. The number of carbonyl (C=O) groups excluding carboxylic acids is 10. The number of nitrogens with one attached hydrogen (secondary N) is 7. The first-order valence-corrected chi connectivity index (χ1v) is 36.7. The van der Waals surface area contributed by atoms with Gasteiger partial charge in [0.1, 0.15) is 152 Å². The van der Waals surface area contributed by atoms with Gasteiger partial charge in [-0.1, -0.05) is 0 Å². The van der Waals surface area contributed by atoms with Crippen LogP contribution in [0.1, 0.15) is 80.1 Å². The number of likely N-dealkylation sites (N-methyl/N-ethyl adjacent to an activating group) is 1. The molecule has 0 aromatic heterocycles. The molecule has 0 saturated carbocycles. The molecule has 0 aliphatic carbocycles. The van der Waals surface area contributed by atoms with E-state index in [-0.39, 0.29) is 38.9 Å². The summed E-state index contributed by atoms with van der Waals surface area (Å²) in [6.45, 7) is -0.393. The third-order valence-corrected chi connectivity index (χ3v) is 20.5. The second kappa shape index (κ2) is 41.4. The molecule has 47 heteroatoms. The minimum atomic E-state index is -3.35. The van der Waals surface area contributed by atoms with Crippen molar-refractivity contribution in [2.45, 2.75) is 275 Å². The van der Waals surface area contributed by atoms with Gasteiger partial charge in [-0.3, -0.25) is 47.9 Å². The van der Waals surface area contributed by atoms with Crippen LogP contribution in [-0.4, -0.2) is 418 Å². The van der Waals surface area contributed by atoms with Crippen molar-refractivity contribution in [3.8, 4) is 0 Å². The quantitative estimate of drug-likeness (QED) is 0.0277. The summed E-state index contributed by atoms with van der Waals surface area (Å²) in [7, 11) is 1.41. The number of nitrogens with two attached hydrogens (primary N) is 1. The number of nitrogens with zero attached hydrogens (tertiary/aromatic N) is 2. The molecule has 0 bridgehead atoms. The Labute approximate surface area is 645 Å². The molecule has 25 N–H and O–H groups in total. The van der Waals surface area contributed by atoms with Crippen molar-refractivity contribution in [1.29, 1.82) is 0 Å². The van der Waals surface area contributed by atoms with Crippen LogP contribution in [-0.2, 0) is 100 Å². The number of hydrogen-bond donors (Lipinski definition) is 24. The van der Waals surface area contributed by atoms with Gasteiger partial charge in [-0.25, -0.2) is 4.79 Å². The number of carbonyl (C=O) groups is 11. The van der Waals surface area contributed by atoms with Crippen LogP contribution in [0.3, 0.4) is 0 Å². The lowest BCUT2D eigenvalue weighted by molar-refractivity contribution is -0.383. The maximum Gasteiger partial charge on any atom is 0.364 e. The van der Waals surface area contributed by atoms with E-state index in [1.165, 1.54) is 25.8 Å². The van der Waals surface area contributed by atoms with Gasteiger partial charge in [-0.15, -0.1) is 0 Å². The Morgan fingerprint density at radius 3 is 1.70 bits per heavy atom. The van der Waals surface area contributed by atoms with E-state index in [9.17, 15) is 130 Å². The molecule has 7 saturated heterocycles. The van der Waals surface area contributed by atoms with Crippen LogP contribution in [0.4, 0.5) is 0 Å². The van der Waals surface area contributed by atoms with Crippen LogP contribution in [0.15, 0.2) is 0 Å². The van der Waals surface area contributed by atoms with E-state index < -0.39 is 319 Å². The highest BCUT2D eigenvalue weighted by Crippen LogP contribution is 2.40. The summed E-state index contributed by atoms with van der Waals surface area (Å²) in [5.41, 5.74) is 5.36. The summed E-state index contributed by atoms with van der Waals surface area (Å²) < 4.78 is 59.9. The first-order valence-electron chi connectivity index (χ1n) is 36.7. The first kappa shape index (κ1) is 93.5. The molecule has 16 unspecified atom stereocenters. The number of ketones is 1. The monoisotopic (exact) mass is 1630 g/mol. The predicted molar refractivity (Wildman–Crippen MR) is 367 cm³/mol. The van der Waals surface area contributed by atoms with Gasteiger partial charge >= 0.3 is 5.97 Å². The first-order chi connectivity index (χ1) is 53.2. The van der Waals surface area contributed by atoms with E-state index >= 15 is 4.79 Å². The number of carboxylic acids is 1. The maximum atomic E-state index is 15.1. The number of aliphatic hydroxyl groups is 15. The van der Waals surface area contributed by atoms with Gasteiger partial charge in [-0.05, 0) is 53.5 Å². The number of ether oxygens (including phenoxy) is 10. The molecule has 7 heterocycles. The van der Waals surface area contributed by atoms with Crippen molar-refractivity contribution in [1.82, 2.24) is 47.0 Å². The van der Waals surface area contributed by atoms with Crippen LogP contribution in [0, 0.1) is 5.92 Å². The third-order valence-electron chi connectivity index (χ3n) is 20.5. The molecule has 9 amide bonds. The zero-order valence-corrected chi connectivity index (χ0v) is 62.8. The van der Waals surface area contributed by atoms with Crippen molar-refractivity contribution in [3.05, 3.63) is 0 Å². The van der Waals surface area contributed by atoms with E-state index in [1.54, 1.807) is 0 Å². The maximum absolute atomic E-state index is 15.1. The molecule has 644 valence electrons. The standard InChI is InChI=1S/C66H108N10O37/c1-23(55(67)96)69-57(98)31-10-8-12-75(31)60(101)32-11-9-13-76(32)59(100)24(2)70-58(99)39(74-56(97)29(17-77)14-30(85)16-68-7)25(3)105-62-42(73-28(6)84)52(46(91)38(109-62)22-104-61-41(72-27(5)83)47(92)51(37(21-81)108-61)110-63-49(94)48(93)44(89)35(19-79)106-63)111-64-50(95)54(45(90)36(20-80)107-64)113-66(65(102)103)15-33(86)40(71-26(4)82)53(112-66)43(88)34(87)18-78/h23-25,29,31-54,61-64,68,77-81,86-95H,8-22H2,1-7H3,(H2,67,96)(H,69,98)(H,70,99)(H,71,82)(H,72,83)(H,73,84)(H,74,97)(H,102,103)/t23?,24?,25?,29?,31?,32?,33-,34+,35?,36?,37?,38?,39?,40+,41?,42?,43+,44-,45-,46-,47+,48-,49?,50?,51-,52+,53?,54-,61+,62+,63-,64-,66-/m0/s1. The Morgan fingerprint density at radius 2 is 1.12 bits per heavy atom. The smallest absolute Gasteiger partial charge is 0.364 e. The number of aliphatic carboxylic acids is 1. The number of rotatable bonds is 36. The highest BCUT2D eigenvalue weighted by atomic mass is 16.8. The van der Waals surface area contributed by atoms with Crippen molar-refractivity contribution in [2.75, 3.05) is 66.3 Å². The molecule has 7 fully saturated rings. The fourth-order valence-electron chi connectivity index (χ4n) is 14.5. The van der Waals surface area contributed by atoms with E-state index in [0.717, 1.165) is 32.6 Å². The number of aliphatic hydroxyl groups excluding tert-OH is 15. The largest absolute Gasteiger partial charge is 0.477 e. The van der Waals surface area contributed by atoms with E-state index in [4.69, 9.17) is 53.1 Å². The average Bonchev–Trinajstić information content (AvgIpc) is 1.28. The van der Waals surface area contributed by atoms with E-state index in [0.29, 0.717) is 6.42 Å². The topological polar surface area (TPSA) is 720 Å². The number of Topliss-reactive ketones (excluding diaryl/α,β-unsaturated/α-hetero) is 1. The number of hydrogen-bond acceptors (Lipinski definition) is 37. The predicted octanol–water partition coefficient (Wildman–Crippen LogP) is -15.1. The Morgan fingerprint density at radius 1 is 0.575 bits per heavy atom. The molecular formula is C66H108N10O37. The third kappa shape index (κ3) is 22.3. The molecule has 0 aromatic rings. The van der Waals surface area contributed by atoms with E-state index in [1.807, 2.05) is 0 Å². The van der Waals surface area contributed by atoms with Crippen LogP contribution < -0.4 is 43.0 Å². The lowest BCUT2D eigenvalue weighted by Crippen LogP contribution is -2.71. The summed E-state index contributed by atoms with van der Waals surface area (Å²) >= 11 is 0. The highest BCUT2D eigenvalue weighted by molar-refractivity contribution is 5.97. The molecule has 7 rings (SSSR count). The normalized spacial score (nSPS) is 36.6. The molecule has 47 nitrogen and oxygen atoms in total. The molecule has 7 aliphatic rings. The van der Waals surface area contributed by atoms with Gasteiger partial charge in [0.25, 0.3) is 5.79 Å². The fraction of sp³-hybridized carbons (Fsp3) is 0.833. The van der Waals surface area contributed by atoms with Gasteiger partial charge in [0.05, 0.1) is 70.4 Å². The van der Waals surface area contributed by atoms with Crippen LogP contribution in [0.5, 0.6) is 0 Å². The second-order valence-electron chi connectivity index (χ2n) is 28.8. The Hall–Kier alpha value is -6.67. The minimum absolute atomic E-state index is 0.0466. The van der Waals surface area contributed by atoms with Crippen molar-refractivity contribution in [2.24, 2.45) is 11.7 Å². The SMILES string of the molecule is CNCC(=O)CC(CO)C(=O)NC(C(=O)NC(C)C(=O)N1CCCC1C(=O)N1CCCC1C(=O)NC(C)C(N)=O)C(C)O[C@@H]1OC(CO[C@@H]2OC(CO)[C@H](O[C@@H]3OC(CO)[C@H](O)[C@H](O)C3O)[C@H](O)C2NC(C)=O)[C@H](O)[C@H](O[C@@H]2OC(CO)[C@H](O)[C@H](O[C@]3(C(=O)O)C[C@H](O)[C@@H](NC(C)=O)C([C@H](O)[C@H](O)CO)O3)C2O)C1NC(C)=O. The van der Waals surface area contributed by atoms with E-state index in [2.05, 4.69) is 37.2 Å². The Balaban J connectivity index is 1.28. The molecule has 33 atom stereocenters. The molecule has 0 spiro atoms. The van der Waals surface area contributed by atoms with Crippen molar-refractivity contribution >= 4 is 64.9 Å². The van der Waals surface area contributed by atoms with Crippen LogP contribution in [0.25, 0.3) is 0 Å².